The predicted molar refractivity (Wildman–Crippen MR) is 56.3 cm³/mol. The Hall–Kier alpha value is -0.530. The molecule has 2 aliphatic rings. The van der Waals surface area contributed by atoms with Gasteiger partial charge in [-0.3, -0.25) is 0 Å². The Balaban J connectivity index is 0.000000653. The van der Waals surface area contributed by atoms with Gasteiger partial charge in [0.25, 0.3) is 0 Å². The molecule has 0 aromatic heterocycles. The molecule has 1 fully saturated rings. The minimum absolute atomic E-state index is 0. The van der Waals surface area contributed by atoms with E-state index in [0.29, 0.717) is 12.1 Å². The normalized spacial score (nSPS) is 28.4. The van der Waals surface area contributed by atoms with Gasteiger partial charge in [-0.25, -0.2) is 0 Å². The van der Waals surface area contributed by atoms with E-state index in [4.69, 9.17) is 0 Å². The second-order valence-corrected chi connectivity index (χ2v) is 3.93. The molecule has 2 aliphatic heterocycles. The van der Waals surface area contributed by atoms with Gasteiger partial charge in [0.2, 0.25) is 0 Å². The summed E-state index contributed by atoms with van der Waals surface area (Å²) in [5.74, 6) is 0. The van der Waals surface area contributed by atoms with Crippen molar-refractivity contribution in [2.24, 2.45) is 0 Å². The molecule has 0 radical (unpaired) electrons. The van der Waals surface area contributed by atoms with Gasteiger partial charge in [0.1, 0.15) is 0 Å². The van der Waals surface area contributed by atoms with Gasteiger partial charge in [0, 0.05) is 12.1 Å². The van der Waals surface area contributed by atoms with Crippen LogP contribution in [0.1, 0.15) is 41.6 Å². The molecule has 2 atom stereocenters. The lowest BCUT2D eigenvalue weighted by molar-refractivity contribution is 0.638. The number of halogens is 1. The summed E-state index contributed by atoms with van der Waals surface area (Å²) >= 11 is 0. The number of nitrogens with one attached hydrogen (secondary N) is 1. The smallest absolute Gasteiger partial charge is 0.0332 e. The van der Waals surface area contributed by atoms with Crippen molar-refractivity contribution in [2.45, 2.75) is 31.8 Å². The monoisotopic (exact) mass is 195 g/mol. The molecule has 1 aromatic carbocycles. The van der Waals surface area contributed by atoms with Gasteiger partial charge in [0.05, 0.1) is 0 Å². The fourth-order valence-corrected chi connectivity index (χ4v) is 2.70. The molecule has 13 heavy (non-hydrogen) atoms. The third-order valence-corrected chi connectivity index (χ3v) is 3.23. The van der Waals surface area contributed by atoms with Gasteiger partial charge in [0.15, 0.2) is 0 Å². The zero-order valence-electron chi connectivity index (χ0n) is 7.71. The van der Waals surface area contributed by atoms with Gasteiger partial charge in [-0.1, -0.05) is 18.2 Å². The minimum Gasteiger partial charge on any atom is -0.303 e. The molecule has 2 heteroatoms. The van der Waals surface area contributed by atoms with Crippen molar-refractivity contribution in [2.75, 3.05) is 0 Å². The van der Waals surface area contributed by atoms with Crippen molar-refractivity contribution in [3.63, 3.8) is 0 Å². The first-order valence-corrected chi connectivity index (χ1v) is 4.72. The van der Waals surface area contributed by atoms with Crippen molar-refractivity contribution in [1.29, 1.82) is 0 Å². The van der Waals surface area contributed by atoms with Gasteiger partial charge in [-0.2, -0.15) is 0 Å². The molecule has 0 saturated carbocycles. The molecule has 0 spiro atoms. The number of hydrogen-bond acceptors (Lipinski definition) is 1. The van der Waals surface area contributed by atoms with E-state index >= 15 is 0 Å². The van der Waals surface area contributed by atoms with E-state index < -0.39 is 0 Å². The highest BCUT2D eigenvalue weighted by molar-refractivity contribution is 5.85. The highest BCUT2D eigenvalue weighted by Crippen LogP contribution is 2.45. The van der Waals surface area contributed by atoms with Crippen molar-refractivity contribution < 1.29 is 0 Å². The summed E-state index contributed by atoms with van der Waals surface area (Å²) in [6.07, 6.45) is 2.67. The maximum Gasteiger partial charge on any atom is 0.0332 e. The van der Waals surface area contributed by atoms with Crippen molar-refractivity contribution in [3.8, 4) is 0 Å². The van der Waals surface area contributed by atoms with E-state index in [2.05, 4.69) is 30.4 Å². The van der Waals surface area contributed by atoms with Crippen LogP contribution in [0, 0.1) is 6.92 Å². The third-order valence-electron chi connectivity index (χ3n) is 3.23. The number of fused-ring (bicyclic) bond motifs is 5. The Kier molecular flexibility index (Phi) is 2.09. The molecule has 0 amide bonds. The number of rotatable bonds is 0. The molecular weight excluding hydrogens is 182 g/mol. The number of hydrogen-bond donors (Lipinski definition) is 1. The van der Waals surface area contributed by atoms with Crippen LogP contribution in [0.3, 0.4) is 0 Å². The van der Waals surface area contributed by atoms with E-state index in [0.717, 1.165) is 0 Å². The molecule has 1 saturated heterocycles. The highest BCUT2D eigenvalue weighted by atomic mass is 35.5. The lowest BCUT2D eigenvalue weighted by Gasteiger charge is -2.14. The standard InChI is InChI=1S/C11H13N.ClH/c1-7-3-2-4-8-9-5-6-10(12-9)11(7)8;/h2-4,9-10,12H,5-6H2,1H3;1H. The summed E-state index contributed by atoms with van der Waals surface area (Å²) in [6, 6.07) is 8.02. The first kappa shape index (κ1) is 9.04. The first-order chi connectivity index (χ1) is 5.86. The lowest BCUT2D eigenvalue weighted by Crippen LogP contribution is -2.06. The maximum absolute atomic E-state index is 3.63. The molecule has 3 rings (SSSR count). The van der Waals surface area contributed by atoms with E-state index in [1.807, 2.05) is 0 Å². The highest BCUT2D eigenvalue weighted by Gasteiger charge is 2.36. The van der Waals surface area contributed by atoms with Crippen molar-refractivity contribution >= 4 is 12.4 Å². The minimum atomic E-state index is 0. The average Bonchev–Trinajstić information content (AvgIpc) is 2.64. The van der Waals surface area contributed by atoms with Crippen LogP contribution < -0.4 is 5.32 Å². The predicted octanol–water partition coefficient (Wildman–Crippen LogP) is 2.90. The summed E-state index contributed by atoms with van der Waals surface area (Å²) < 4.78 is 0. The third kappa shape index (κ3) is 1.11. The summed E-state index contributed by atoms with van der Waals surface area (Å²) in [5, 5.41) is 3.63. The molecule has 2 heterocycles. The van der Waals surface area contributed by atoms with Crippen molar-refractivity contribution in [1.82, 2.24) is 5.32 Å². The lowest BCUT2D eigenvalue weighted by atomic mass is 9.89. The zero-order valence-corrected chi connectivity index (χ0v) is 8.53. The number of aryl methyl sites for hydroxylation is 1. The summed E-state index contributed by atoms with van der Waals surface area (Å²) in [5.41, 5.74) is 4.62. The van der Waals surface area contributed by atoms with Gasteiger partial charge in [-0.05, 0) is 36.5 Å². The Labute approximate surface area is 84.9 Å². The van der Waals surface area contributed by atoms with Crippen LogP contribution in [0.15, 0.2) is 18.2 Å². The molecule has 1 aromatic rings. The van der Waals surface area contributed by atoms with Crippen LogP contribution in [0.5, 0.6) is 0 Å². The van der Waals surface area contributed by atoms with Gasteiger partial charge < -0.3 is 5.32 Å². The Bertz CT molecular complexity index is 335. The summed E-state index contributed by atoms with van der Waals surface area (Å²) in [4.78, 5) is 0. The second-order valence-electron chi connectivity index (χ2n) is 3.93. The summed E-state index contributed by atoms with van der Waals surface area (Å²) in [6.45, 7) is 2.22. The van der Waals surface area contributed by atoms with Gasteiger partial charge in [-0.15, -0.1) is 12.4 Å². The largest absolute Gasteiger partial charge is 0.303 e. The van der Waals surface area contributed by atoms with Crippen LogP contribution in [0.25, 0.3) is 0 Å². The Morgan fingerprint density at radius 1 is 1.23 bits per heavy atom. The molecule has 1 nitrogen and oxygen atoms in total. The van der Waals surface area contributed by atoms with E-state index in [-0.39, 0.29) is 12.4 Å². The van der Waals surface area contributed by atoms with Crippen LogP contribution in [0.4, 0.5) is 0 Å². The topological polar surface area (TPSA) is 12.0 Å². The fourth-order valence-electron chi connectivity index (χ4n) is 2.70. The molecule has 2 unspecified atom stereocenters. The van der Waals surface area contributed by atoms with E-state index in [1.165, 1.54) is 18.4 Å². The zero-order chi connectivity index (χ0) is 8.13. The quantitative estimate of drug-likeness (QED) is 0.672. The maximum atomic E-state index is 3.63. The van der Waals surface area contributed by atoms with Gasteiger partial charge >= 0.3 is 0 Å². The number of benzene rings is 1. The second kappa shape index (κ2) is 3.00. The van der Waals surface area contributed by atoms with E-state index in [1.54, 1.807) is 11.1 Å². The molecule has 1 N–H and O–H groups in total. The average molecular weight is 196 g/mol. The first-order valence-electron chi connectivity index (χ1n) is 4.72. The Morgan fingerprint density at radius 3 is 2.77 bits per heavy atom. The molecule has 0 aliphatic carbocycles. The SMILES string of the molecule is Cc1cccc2c1C1CCC2N1.Cl. The fraction of sp³-hybridized carbons (Fsp3) is 0.455. The van der Waals surface area contributed by atoms with Crippen LogP contribution >= 0.6 is 12.4 Å². The molecule has 2 bridgehead atoms. The Morgan fingerprint density at radius 2 is 2.00 bits per heavy atom. The van der Waals surface area contributed by atoms with Crippen LogP contribution in [-0.2, 0) is 0 Å². The van der Waals surface area contributed by atoms with Crippen LogP contribution in [0.2, 0.25) is 0 Å². The summed E-state index contributed by atoms with van der Waals surface area (Å²) in [7, 11) is 0. The molecule has 70 valence electrons. The molecular formula is C11H14ClN. The van der Waals surface area contributed by atoms with E-state index in [9.17, 15) is 0 Å². The van der Waals surface area contributed by atoms with Crippen molar-refractivity contribution in [3.05, 3.63) is 34.9 Å². The van der Waals surface area contributed by atoms with Crippen LogP contribution in [-0.4, -0.2) is 0 Å².